The average molecular weight is 256 g/mol. The molecule has 0 radical (unpaired) electrons. The van der Waals surface area contributed by atoms with Gasteiger partial charge in [-0.1, -0.05) is 54.6 Å². The first-order valence-corrected chi connectivity index (χ1v) is 6.67. The molecule has 4 rings (SSSR count). The number of benzene rings is 3. The highest BCUT2D eigenvalue weighted by Gasteiger charge is 2.23. The van der Waals surface area contributed by atoms with Gasteiger partial charge < -0.3 is 0 Å². The predicted octanol–water partition coefficient (Wildman–Crippen LogP) is 4.58. The number of ketones is 1. The number of hydrogen-bond donors (Lipinski definition) is 0. The van der Waals surface area contributed by atoms with E-state index < -0.39 is 0 Å². The molecule has 0 bridgehead atoms. The molecular formula is C19H12O. The first-order chi connectivity index (χ1) is 9.83. The molecule has 0 unspecified atom stereocenters. The lowest BCUT2D eigenvalue weighted by Gasteiger charge is -2.02. The van der Waals surface area contributed by atoms with Crippen LogP contribution in [0.4, 0.5) is 0 Å². The third-order valence-electron chi connectivity index (χ3n) is 3.79. The van der Waals surface area contributed by atoms with Crippen molar-refractivity contribution >= 4 is 28.2 Å². The Morgan fingerprint density at radius 1 is 0.700 bits per heavy atom. The molecule has 0 atom stereocenters. The average Bonchev–Trinajstić information content (AvgIpc) is 2.83. The van der Waals surface area contributed by atoms with Crippen molar-refractivity contribution in [1.29, 1.82) is 0 Å². The van der Waals surface area contributed by atoms with Crippen LogP contribution in [0, 0.1) is 0 Å². The lowest BCUT2D eigenvalue weighted by atomic mass is 10.00. The Labute approximate surface area is 117 Å². The zero-order valence-corrected chi connectivity index (χ0v) is 10.8. The summed E-state index contributed by atoms with van der Waals surface area (Å²) in [5.74, 6) is 0.122. The Morgan fingerprint density at radius 3 is 2.10 bits per heavy atom. The molecule has 0 spiro atoms. The highest BCUT2D eigenvalue weighted by atomic mass is 16.1. The summed E-state index contributed by atoms with van der Waals surface area (Å²) in [4.78, 5) is 12.6. The van der Waals surface area contributed by atoms with Crippen LogP contribution in [0.5, 0.6) is 0 Å². The van der Waals surface area contributed by atoms with Gasteiger partial charge in [0.2, 0.25) is 0 Å². The van der Waals surface area contributed by atoms with Gasteiger partial charge in [0.15, 0.2) is 5.78 Å². The molecular weight excluding hydrogens is 244 g/mol. The highest BCUT2D eigenvalue weighted by molar-refractivity contribution is 6.37. The molecule has 1 heteroatoms. The zero-order valence-electron chi connectivity index (χ0n) is 10.8. The monoisotopic (exact) mass is 256 g/mol. The van der Waals surface area contributed by atoms with E-state index in [0.29, 0.717) is 0 Å². The fourth-order valence-electron chi connectivity index (χ4n) is 2.77. The van der Waals surface area contributed by atoms with Crippen molar-refractivity contribution in [3.05, 3.63) is 83.4 Å². The van der Waals surface area contributed by atoms with Crippen LogP contribution in [0.3, 0.4) is 0 Å². The maximum atomic E-state index is 12.6. The predicted molar refractivity (Wildman–Crippen MR) is 82.6 cm³/mol. The van der Waals surface area contributed by atoms with Crippen LogP contribution in [0.1, 0.15) is 21.5 Å². The first kappa shape index (κ1) is 11.2. The number of carbonyl (C=O) groups excluding carboxylic acids is 1. The first-order valence-electron chi connectivity index (χ1n) is 6.67. The molecule has 0 amide bonds. The lowest BCUT2D eigenvalue weighted by molar-refractivity contribution is 0.105. The molecule has 0 saturated carbocycles. The van der Waals surface area contributed by atoms with E-state index in [4.69, 9.17) is 0 Å². The van der Waals surface area contributed by atoms with Gasteiger partial charge in [0.1, 0.15) is 0 Å². The van der Waals surface area contributed by atoms with E-state index in [0.717, 1.165) is 27.6 Å². The molecule has 20 heavy (non-hydrogen) atoms. The van der Waals surface area contributed by atoms with E-state index in [1.165, 1.54) is 5.39 Å². The molecule has 0 N–H and O–H groups in total. The molecule has 0 fully saturated rings. The molecule has 1 nitrogen and oxygen atoms in total. The van der Waals surface area contributed by atoms with E-state index >= 15 is 0 Å². The van der Waals surface area contributed by atoms with E-state index in [-0.39, 0.29) is 5.78 Å². The number of fused-ring (bicyclic) bond motifs is 2. The van der Waals surface area contributed by atoms with Gasteiger partial charge in [-0.25, -0.2) is 0 Å². The molecule has 3 aromatic rings. The second kappa shape index (κ2) is 4.17. The Kier molecular flexibility index (Phi) is 2.33. The maximum Gasteiger partial charge on any atom is 0.194 e. The topological polar surface area (TPSA) is 17.1 Å². The van der Waals surface area contributed by atoms with Crippen LogP contribution in [-0.2, 0) is 0 Å². The third-order valence-corrected chi connectivity index (χ3v) is 3.79. The van der Waals surface area contributed by atoms with Crippen molar-refractivity contribution < 1.29 is 4.79 Å². The lowest BCUT2D eigenvalue weighted by Crippen LogP contribution is -1.98. The van der Waals surface area contributed by atoms with Crippen LogP contribution in [0.25, 0.3) is 22.4 Å². The van der Waals surface area contributed by atoms with Crippen molar-refractivity contribution in [3.8, 4) is 0 Å². The SMILES string of the molecule is O=C1C(c2ccccc2)=Cc2cc3ccccc3cc21. The second-order valence-electron chi connectivity index (χ2n) is 5.04. The largest absolute Gasteiger partial charge is 0.289 e. The minimum atomic E-state index is 0.122. The fourth-order valence-corrected chi connectivity index (χ4v) is 2.77. The molecule has 1 aliphatic rings. The molecule has 1 aliphatic carbocycles. The molecule has 3 aromatic carbocycles. The van der Waals surface area contributed by atoms with Crippen molar-refractivity contribution in [2.75, 3.05) is 0 Å². The minimum Gasteiger partial charge on any atom is -0.289 e. The second-order valence-corrected chi connectivity index (χ2v) is 5.04. The van der Waals surface area contributed by atoms with Gasteiger partial charge in [0.25, 0.3) is 0 Å². The van der Waals surface area contributed by atoms with Crippen LogP contribution >= 0.6 is 0 Å². The maximum absolute atomic E-state index is 12.6. The van der Waals surface area contributed by atoms with Gasteiger partial charge >= 0.3 is 0 Å². The number of Topliss-reactive ketones (excluding diaryl/α,β-unsaturated/α-hetero) is 1. The van der Waals surface area contributed by atoms with Crippen LogP contribution in [-0.4, -0.2) is 5.78 Å². The van der Waals surface area contributed by atoms with Gasteiger partial charge in [0, 0.05) is 11.1 Å². The Hall–Kier alpha value is -2.67. The number of hydrogen-bond acceptors (Lipinski definition) is 1. The van der Waals surface area contributed by atoms with Crippen LogP contribution in [0.15, 0.2) is 66.7 Å². The minimum absolute atomic E-state index is 0.122. The van der Waals surface area contributed by atoms with Gasteiger partial charge in [-0.2, -0.15) is 0 Å². The van der Waals surface area contributed by atoms with Crippen LogP contribution < -0.4 is 0 Å². The van der Waals surface area contributed by atoms with Crippen molar-refractivity contribution in [3.63, 3.8) is 0 Å². The summed E-state index contributed by atoms with van der Waals surface area (Å²) >= 11 is 0. The normalized spacial score (nSPS) is 13.4. The zero-order chi connectivity index (χ0) is 13.5. The van der Waals surface area contributed by atoms with E-state index in [1.807, 2.05) is 60.7 Å². The Morgan fingerprint density at radius 2 is 1.35 bits per heavy atom. The number of rotatable bonds is 1. The summed E-state index contributed by atoms with van der Waals surface area (Å²) in [7, 11) is 0. The fraction of sp³-hybridized carbons (Fsp3) is 0. The highest BCUT2D eigenvalue weighted by Crippen LogP contribution is 2.34. The standard InChI is InChI=1S/C19H12O/c20-19-17(13-6-2-1-3-7-13)12-16-10-14-8-4-5-9-15(14)11-18(16)19/h1-12H. The summed E-state index contributed by atoms with van der Waals surface area (Å²) in [5, 5.41) is 2.28. The summed E-state index contributed by atoms with van der Waals surface area (Å²) in [6, 6.07) is 22.1. The van der Waals surface area contributed by atoms with Gasteiger partial charge in [0.05, 0.1) is 0 Å². The smallest absolute Gasteiger partial charge is 0.194 e. The summed E-state index contributed by atoms with van der Waals surface area (Å²) in [5.41, 5.74) is 3.60. The molecule has 0 heterocycles. The summed E-state index contributed by atoms with van der Waals surface area (Å²) in [6.07, 6.45) is 2.00. The molecule has 94 valence electrons. The summed E-state index contributed by atoms with van der Waals surface area (Å²) < 4.78 is 0. The van der Waals surface area contributed by atoms with Crippen molar-refractivity contribution in [2.45, 2.75) is 0 Å². The quantitative estimate of drug-likeness (QED) is 0.623. The molecule has 0 saturated heterocycles. The van der Waals surface area contributed by atoms with Gasteiger partial charge in [-0.05, 0) is 40.1 Å². The summed E-state index contributed by atoms with van der Waals surface area (Å²) in [6.45, 7) is 0. The van der Waals surface area contributed by atoms with Crippen LogP contribution in [0.2, 0.25) is 0 Å². The van der Waals surface area contributed by atoms with E-state index in [1.54, 1.807) is 0 Å². The Balaban J connectivity index is 1.91. The van der Waals surface area contributed by atoms with Gasteiger partial charge in [-0.15, -0.1) is 0 Å². The molecule has 0 aromatic heterocycles. The number of carbonyl (C=O) groups is 1. The third kappa shape index (κ3) is 1.60. The number of allylic oxidation sites excluding steroid dienone is 1. The van der Waals surface area contributed by atoms with Crippen molar-refractivity contribution in [2.24, 2.45) is 0 Å². The van der Waals surface area contributed by atoms with E-state index in [2.05, 4.69) is 12.1 Å². The van der Waals surface area contributed by atoms with Crippen molar-refractivity contribution in [1.82, 2.24) is 0 Å². The van der Waals surface area contributed by atoms with Gasteiger partial charge in [-0.3, -0.25) is 4.79 Å². The Bertz CT molecular complexity index is 857. The van der Waals surface area contributed by atoms with E-state index in [9.17, 15) is 4.79 Å². The molecule has 0 aliphatic heterocycles.